The molecule has 0 aromatic rings. The van der Waals surface area contributed by atoms with Crippen LogP contribution in [0.3, 0.4) is 0 Å². The van der Waals surface area contributed by atoms with Crippen molar-refractivity contribution in [3.63, 3.8) is 0 Å². The van der Waals surface area contributed by atoms with Gasteiger partial charge in [-0.1, -0.05) is 52.4 Å². The number of esters is 1. The van der Waals surface area contributed by atoms with Gasteiger partial charge in [-0.2, -0.15) is 0 Å². The van der Waals surface area contributed by atoms with Gasteiger partial charge in [0.1, 0.15) is 6.10 Å². The quantitative estimate of drug-likeness (QED) is 0.474. The molecule has 3 unspecified atom stereocenters. The molecule has 1 aliphatic carbocycles. The lowest BCUT2D eigenvalue weighted by atomic mass is 9.79. The van der Waals surface area contributed by atoms with Crippen LogP contribution in [0.2, 0.25) is 0 Å². The van der Waals surface area contributed by atoms with Gasteiger partial charge in [-0.15, -0.1) is 0 Å². The maximum absolute atomic E-state index is 12.3. The van der Waals surface area contributed by atoms with Crippen molar-refractivity contribution in [2.75, 3.05) is 0 Å². The zero-order valence-electron chi connectivity index (χ0n) is 14.2. The van der Waals surface area contributed by atoms with Crippen LogP contribution in [-0.4, -0.2) is 23.1 Å². The lowest BCUT2D eigenvalue weighted by Crippen LogP contribution is -2.35. The van der Waals surface area contributed by atoms with Gasteiger partial charge in [-0.05, 0) is 32.1 Å². The minimum Gasteiger partial charge on any atom is -0.481 e. The Morgan fingerprint density at radius 2 is 1.68 bits per heavy atom. The summed E-state index contributed by atoms with van der Waals surface area (Å²) in [5, 5.41) is 9.26. The molecule has 0 aromatic carbocycles. The minimum absolute atomic E-state index is 0.0505. The van der Waals surface area contributed by atoms with Crippen molar-refractivity contribution in [1.82, 2.24) is 0 Å². The Balaban J connectivity index is 2.40. The van der Waals surface area contributed by atoms with E-state index in [9.17, 15) is 14.7 Å². The first kappa shape index (κ1) is 19.0. The summed E-state index contributed by atoms with van der Waals surface area (Å²) < 4.78 is 5.62. The Kier molecular flexibility index (Phi) is 9.17. The van der Waals surface area contributed by atoms with Gasteiger partial charge in [0.25, 0.3) is 0 Å². The van der Waals surface area contributed by atoms with Crippen molar-refractivity contribution < 1.29 is 19.4 Å². The summed E-state index contributed by atoms with van der Waals surface area (Å²) in [5.41, 5.74) is 0. The fourth-order valence-corrected chi connectivity index (χ4v) is 3.28. The molecule has 0 aliphatic heterocycles. The summed E-state index contributed by atoms with van der Waals surface area (Å²) in [6, 6.07) is 0. The summed E-state index contributed by atoms with van der Waals surface area (Å²) in [7, 11) is 0. The van der Waals surface area contributed by atoms with Crippen molar-refractivity contribution in [1.29, 1.82) is 0 Å². The first-order valence-corrected chi connectivity index (χ1v) is 9.03. The SMILES string of the molecule is CCCCCCCC(CC)OC(=O)C1CCCCC1C(=O)O. The Hall–Kier alpha value is -1.06. The van der Waals surface area contributed by atoms with E-state index in [1.54, 1.807) is 0 Å². The normalized spacial score (nSPS) is 23.0. The number of hydrogen-bond acceptors (Lipinski definition) is 3. The molecular weight excluding hydrogens is 280 g/mol. The minimum atomic E-state index is -0.853. The van der Waals surface area contributed by atoms with E-state index in [1.165, 1.54) is 25.7 Å². The molecule has 4 heteroatoms. The van der Waals surface area contributed by atoms with Crippen LogP contribution in [-0.2, 0) is 14.3 Å². The van der Waals surface area contributed by atoms with E-state index >= 15 is 0 Å². The third-order valence-corrected chi connectivity index (χ3v) is 4.75. The molecule has 0 amide bonds. The van der Waals surface area contributed by atoms with E-state index in [-0.39, 0.29) is 12.1 Å². The van der Waals surface area contributed by atoms with Gasteiger partial charge >= 0.3 is 11.9 Å². The monoisotopic (exact) mass is 312 g/mol. The van der Waals surface area contributed by atoms with Gasteiger partial charge in [-0.3, -0.25) is 9.59 Å². The van der Waals surface area contributed by atoms with Crippen molar-refractivity contribution in [3.05, 3.63) is 0 Å². The fraction of sp³-hybridized carbons (Fsp3) is 0.889. The Morgan fingerprint density at radius 3 is 2.27 bits per heavy atom. The second-order valence-electron chi connectivity index (χ2n) is 6.51. The lowest BCUT2D eigenvalue weighted by Gasteiger charge is -2.28. The molecule has 4 nitrogen and oxygen atoms in total. The second-order valence-corrected chi connectivity index (χ2v) is 6.51. The summed E-state index contributed by atoms with van der Waals surface area (Å²) in [5.74, 6) is -2.13. The number of carboxylic acids is 1. The van der Waals surface area contributed by atoms with Crippen molar-refractivity contribution >= 4 is 11.9 Å². The van der Waals surface area contributed by atoms with Crippen molar-refractivity contribution in [3.8, 4) is 0 Å². The number of rotatable bonds is 10. The molecule has 0 spiro atoms. The largest absolute Gasteiger partial charge is 0.481 e. The zero-order valence-corrected chi connectivity index (χ0v) is 14.2. The molecule has 1 fully saturated rings. The van der Waals surface area contributed by atoms with E-state index in [2.05, 4.69) is 6.92 Å². The van der Waals surface area contributed by atoms with E-state index in [0.29, 0.717) is 12.8 Å². The number of hydrogen-bond donors (Lipinski definition) is 1. The third kappa shape index (κ3) is 6.37. The number of carboxylic acid groups (broad SMARTS) is 1. The highest BCUT2D eigenvalue weighted by molar-refractivity contribution is 5.81. The number of aliphatic carboxylic acids is 1. The van der Waals surface area contributed by atoms with Crippen molar-refractivity contribution in [2.24, 2.45) is 11.8 Å². The fourth-order valence-electron chi connectivity index (χ4n) is 3.28. The average molecular weight is 312 g/mol. The summed E-state index contributed by atoms with van der Waals surface area (Å²) in [6.45, 7) is 4.22. The van der Waals surface area contributed by atoms with Crippen molar-refractivity contribution in [2.45, 2.75) is 90.6 Å². The van der Waals surface area contributed by atoms with Crippen LogP contribution in [0, 0.1) is 11.8 Å². The number of ether oxygens (including phenoxy) is 1. The lowest BCUT2D eigenvalue weighted by molar-refractivity contribution is -0.164. The van der Waals surface area contributed by atoms with Crippen LogP contribution in [0.25, 0.3) is 0 Å². The predicted octanol–water partition coefficient (Wildman–Crippen LogP) is 4.56. The van der Waals surface area contributed by atoms with Gasteiger partial charge in [-0.25, -0.2) is 0 Å². The van der Waals surface area contributed by atoms with E-state index < -0.39 is 17.8 Å². The molecule has 128 valence electrons. The van der Waals surface area contributed by atoms with Gasteiger partial charge in [0.2, 0.25) is 0 Å². The zero-order chi connectivity index (χ0) is 16.4. The molecule has 0 aromatic heterocycles. The molecule has 0 saturated heterocycles. The smallest absolute Gasteiger partial charge is 0.310 e. The second kappa shape index (κ2) is 10.6. The van der Waals surface area contributed by atoms with Gasteiger partial charge < -0.3 is 9.84 Å². The maximum Gasteiger partial charge on any atom is 0.310 e. The highest BCUT2D eigenvalue weighted by Crippen LogP contribution is 2.32. The molecule has 22 heavy (non-hydrogen) atoms. The summed E-state index contributed by atoms with van der Waals surface area (Å²) >= 11 is 0. The Bertz CT molecular complexity index is 340. The molecule has 0 heterocycles. The summed E-state index contributed by atoms with van der Waals surface area (Å²) in [6.07, 6.45) is 10.7. The maximum atomic E-state index is 12.3. The topological polar surface area (TPSA) is 63.6 Å². The Morgan fingerprint density at radius 1 is 1.05 bits per heavy atom. The van der Waals surface area contributed by atoms with Crippen LogP contribution in [0.1, 0.15) is 84.5 Å². The van der Waals surface area contributed by atoms with Gasteiger partial charge in [0.15, 0.2) is 0 Å². The van der Waals surface area contributed by atoms with E-state index in [4.69, 9.17) is 4.74 Å². The highest BCUT2D eigenvalue weighted by atomic mass is 16.5. The van der Waals surface area contributed by atoms with Crippen LogP contribution >= 0.6 is 0 Å². The first-order valence-electron chi connectivity index (χ1n) is 9.03. The number of carbonyl (C=O) groups excluding carboxylic acids is 1. The molecule has 0 bridgehead atoms. The standard InChI is InChI=1S/C18H32O4/c1-3-5-6-7-8-11-14(4-2)22-18(21)16-13-10-9-12-15(16)17(19)20/h14-16H,3-13H2,1-2H3,(H,19,20). The number of carbonyl (C=O) groups is 2. The highest BCUT2D eigenvalue weighted by Gasteiger charge is 2.37. The molecule has 1 N–H and O–H groups in total. The molecular formula is C18H32O4. The van der Waals surface area contributed by atoms with Gasteiger partial charge in [0.05, 0.1) is 11.8 Å². The molecule has 1 saturated carbocycles. The third-order valence-electron chi connectivity index (χ3n) is 4.75. The number of unbranched alkanes of at least 4 members (excludes halogenated alkanes) is 4. The molecule has 1 aliphatic rings. The molecule has 0 radical (unpaired) electrons. The van der Waals surface area contributed by atoms with Gasteiger partial charge in [0, 0.05) is 0 Å². The van der Waals surface area contributed by atoms with E-state index in [0.717, 1.165) is 32.1 Å². The predicted molar refractivity (Wildman–Crippen MR) is 86.6 cm³/mol. The average Bonchev–Trinajstić information content (AvgIpc) is 2.53. The van der Waals surface area contributed by atoms with Crippen LogP contribution in [0.5, 0.6) is 0 Å². The molecule has 1 rings (SSSR count). The molecule has 3 atom stereocenters. The Labute approximate surface area is 134 Å². The van der Waals surface area contributed by atoms with Crippen LogP contribution in [0.15, 0.2) is 0 Å². The van der Waals surface area contributed by atoms with E-state index in [1.807, 2.05) is 6.92 Å². The summed E-state index contributed by atoms with van der Waals surface area (Å²) in [4.78, 5) is 23.6. The van der Waals surface area contributed by atoms with Crippen LogP contribution < -0.4 is 0 Å². The van der Waals surface area contributed by atoms with Crippen LogP contribution in [0.4, 0.5) is 0 Å². The first-order chi connectivity index (χ1) is 10.6.